The van der Waals surface area contributed by atoms with Crippen LogP contribution in [0, 0.1) is 5.92 Å². The summed E-state index contributed by atoms with van der Waals surface area (Å²) in [4.78, 5) is 21.0. The molecule has 6 heteroatoms. The Kier molecular flexibility index (Phi) is 7.05. The lowest BCUT2D eigenvalue weighted by molar-refractivity contribution is 0.0915. The number of ether oxygens (including phenoxy) is 1. The van der Waals surface area contributed by atoms with Crippen molar-refractivity contribution in [3.05, 3.63) is 60.3 Å². The molecule has 1 aromatic heterocycles. The van der Waals surface area contributed by atoms with E-state index in [-0.39, 0.29) is 5.91 Å². The first-order chi connectivity index (χ1) is 16.7. The summed E-state index contributed by atoms with van der Waals surface area (Å²) < 4.78 is 5.54. The zero-order chi connectivity index (χ0) is 23.3. The van der Waals surface area contributed by atoms with E-state index in [0.717, 1.165) is 61.6 Å². The van der Waals surface area contributed by atoms with Crippen LogP contribution >= 0.6 is 0 Å². The van der Waals surface area contributed by atoms with E-state index in [9.17, 15) is 4.79 Å². The first-order valence-corrected chi connectivity index (χ1v) is 12.7. The van der Waals surface area contributed by atoms with Crippen molar-refractivity contribution in [2.75, 3.05) is 44.7 Å². The fourth-order valence-corrected chi connectivity index (χ4v) is 5.52. The minimum absolute atomic E-state index is 0.0209. The van der Waals surface area contributed by atoms with Crippen molar-refractivity contribution in [3.63, 3.8) is 0 Å². The highest BCUT2D eigenvalue weighted by Crippen LogP contribution is 2.30. The zero-order valence-corrected chi connectivity index (χ0v) is 20.1. The molecule has 0 atom stereocenters. The van der Waals surface area contributed by atoms with Gasteiger partial charge >= 0.3 is 0 Å². The Morgan fingerprint density at radius 2 is 1.74 bits per heavy atom. The topological polar surface area (TPSA) is 60.6 Å². The monoisotopic (exact) mass is 460 g/mol. The third-order valence-electron chi connectivity index (χ3n) is 7.61. The van der Waals surface area contributed by atoms with Crippen molar-refractivity contribution in [3.8, 4) is 5.75 Å². The molecule has 2 N–H and O–H groups in total. The summed E-state index contributed by atoms with van der Waals surface area (Å²) in [6.07, 6.45) is 5.84. The molecule has 0 unspecified atom stereocenters. The zero-order valence-electron chi connectivity index (χ0n) is 20.1. The van der Waals surface area contributed by atoms with Crippen LogP contribution in [0.5, 0.6) is 5.75 Å². The van der Waals surface area contributed by atoms with Gasteiger partial charge in [0.25, 0.3) is 5.91 Å². The predicted molar refractivity (Wildman–Crippen MR) is 138 cm³/mol. The van der Waals surface area contributed by atoms with Gasteiger partial charge in [0.05, 0.1) is 12.8 Å². The molecule has 0 spiro atoms. The highest BCUT2D eigenvalue weighted by atomic mass is 16.5. The van der Waals surface area contributed by atoms with Gasteiger partial charge in [-0.15, -0.1) is 0 Å². The Morgan fingerprint density at radius 1 is 1.00 bits per heavy atom. The van der Waals surface area contributed by atoms with Crippen LogP contribution in [0.2, 0.25) is 0 Å². The van der Waals surface area contributed by atoms with Gasteiger partial charge in [-0.2, -0.15) is 0 Å². The summed E-state index contributed by atoms with van der Waals surface area (Å²) in [6, 6.07) is 18.6. The van der Waals surface area contributed by atoms with Crippen molar-refractivity contribution < 1.29 is 9.53 Å². The van der Waals surface area contributed by atoms with E-state index in [2.05, 4.69) is 32.2 Å². The maximum absolute atomic E-state index is 12.7. The molecule has 3 aromatic rings. The molecule has 0 radical (unpaired) electrons. The van der Waals surface area contributed by atoms with Gasteiger partial charge in [-0.25, -0.2) is 0 Å². The smallest absolute Gasteiger partial charge is 0.267 e. The first-order valence-electron chi connectivity index (χ1n) is 12.7. The Hall–Kier alpha value is -2.99. The van der Waals surface area contributed by atoms with Gasteiger partial charge in [0, 0.05) is 43.1 Å². The Labute approximate surface area is 202 Å². The molecule has 1 saturated carbocycles. The SMILES string of the molecule is COc1ccccc1N1CCN(CCC2CCC(NC(=O)c3cc4ccccc4[nH]3)CC2)CC1. The minimum Gasteiger partial charge on any atom is -0.495 e. The molecule has 1 saturated heterocycles. The molecule has 2 aliphatic rings. The number of anilines is 1. The Bertz CT molecular complexity index is 1060. The van der Waals surface area contributed by atoms with E-state index >= 15 is 0 Å². The predicted octanol–water partition coefficient (Wildman–Crippen LogP) is 4.68. The lowest BCUT2D eigenvalue weighted by Crippen LogP contribution is -2.47. The van der Waals surface area contributed by atoms with Crippen LogP contribution < -0.4 is 15.0 Å². The molecular weight excluding hydrogens is 424 g/mol. The van der Waals surface area contributed by atoms with E-state index < -0.39 is 0 Å². The number of hydrogen-bond donors (Lipinski definition) is 2. The number of aromatic nitrogens is 1. The van der Waals surface area contributed by atoms with Crippen molar-refractivity contribution in [2.45, 2.75) is 38.1 Å². The van der Waals surface area contributed by atoms with Gasteiger partial charge < -0.3 is 19.9 Å². The summed E-state index contributed by atoms with van der Waals surface area (Å²) in [5.74, 6) is 1.75. The van der Waals surface area contributed by atoms with E-state index in [4.69, 9.17) is 4.74 Å². The number of amides is 1. The molecule has 34 heavy (non-hydrogen) atoms. The van der Waals surface area contributed by atoms with Crippen molar-refractivity contribution in [1.29, 1.82) is 0 Å². The van der Waals surface area contributed by atoms with Gasteiger partial charge in [0.2, 0.25) is 0 Å². The quantitative estimate of drug-likeness (QED) is 0.538. The van der Waals surface area contributed by atoms with E-state index in [1.54, 1.807) is 7.11 Å². The van der Waals surface area contributed by atoms with Gasteiger partial charge in [0.15, 0.2) is 0 Å². The number of hydrogen-bond acceptors (Lipinski definition) is 4. The summed E-state index contributed by atoms with van der Waals surface area (Å²) in [6.45, 7) is 5.48. The molecule has 5 rings (SSSR count). The molecule has 2 fully saturated rings. The van der Waals surface area contributed by atoms with E-state index in [1.165, 1.54) is 31.5 Å². The summed E-state index contributed by atoms with van der Waals surface area (Å²) in [5, 5.41) is 4.34. The number of aromatic amines is 1. The van der Waals surface area contributed by atoms with Gasteiger partial charge in [-0.1, -0.05) is 30.3 Å². The minimum atomic E-state index is 0.0209. The maximum atomic E-state index is 12.7. The van der Waals surface area contributed by atoms with Gasteiger partial charge in [0.1, 0.15) is 11.4 Å². The lowest BCUT2D eigenvalue weighted by atomic mass is 9.84. The fraction of sp³-hybridized carbons (Fsp3) is 0.464. The van der Waals surface area contributed by atoms with Crippen LogP contribution in [0.25, 0.3) is 10.9 Å². The van der Waals surface area contributed by atoms with Crippen molar-refractivity contribution in [1.82, 2.24) is 15.2 Å². The van der Waals surface area contributed by atoms with Crippen molar-refractivity contribution >= 4 is 22.5 Å². The second-order valence-electron chi connectivity index (χ2n) is 9.75. The first kappa shape index (κ1) is 22.8. The molecule has 2 heterocycles. The number of H-pyrrole nitrogens is 1. The third kappa shape index (κ3) is 5.22. The molecule has 1 amide bonds. The summed E-state index contributed by atoms with van der Waals surface area (Å²) in [7, 11) is 1.75. The molecular formula is C28H36N4O2. The molecule has 1 aliphatic heterocycles. The number of carbonyl (C=O) groups is 1. The number of fused-ring (bicyclic) bond motifs is 1. The number of para-hydroxylation sites is 3. The molecule has 0 bridgehead atoms. The Balaban J connectivity index is 1.03. The average molecular weight is 461 g/mol. The maximum Gasteiger partial charge on any atom is 0.267 e. The highest BCUT2D eigenvalue weighted by molar-refractivity contribution is 5.98. The number of nitrogens with one attached hydrogen (secondary N) is 2. The lowest BCUT2D eigenvalue weighted by Gasteiger charge is -2.37. The molecule has 180 valence electrons. The second-order valence-corrected chi connectivity index (χ2v) is 9.75. The number of benzene rings is 2. The standard InChI is InChI=1S/C28H36N4O2/c1-34-27-9-5-4-8-26(27)32-18-16-31(17-19-32)15-14-21-10-12-23(13-11-21)29-28(33)25-20-22-6-2-3-7-24(22)30-25/h2-9,20-21,23,30H,10-19H2,1H3,(H,29,33). The number of methoxy groups -OCH3 is 1. The number of rotatable bonds is 7. The number of piperazine rings is 1. The van der Waals surface area contributed by atoms with Gasteiger partial charge in [-0.3, -0.25) is 9.69 Å². The van der Waals surface area contributed by atoms with Gasteiger partial charge in [-0.05, 0) is 68.8 Å². The number of carbonyl (C=O) groups excluding carboxylic acids is 1. The van der Waals surface area contributed by atoms with Crippen LogP contribution in [0.1, 0.15) is 42.6 Å². The van der Waals surface area contributed by atoms with E-state index in [0.29, 0.717) is 11.7 Å². The van der Waals surface area contributed by atoms with Crippen LogP contribution in [-0.2, 0) is 0 Å². The highest BCUT2D eigenvalue weighted by Gasteiger charge is 2.25. The molecule has 6 nitrogen and oxygen atoms in total. The average Bonchev–Trinajstić information content (AvgIpc) is 3.33. The van der Waals surface area contributed by atoms with Crippen molar-refractivity contribution in [2.24, 2.45) is 5.92 Å². The largest absolute Gasteiger partial charge is 0.495 e. The molecule has 1 aliphatic carbocycles. The molecule has 2 aromatic carbocycles. The number of nitrogens with zero attached hydrogens (tertiary/aromatic N) is 2. The van der Waals surface area contributed by atoms with Crippen LogP contribution in [-0.4, -0.2) is 61.7 Å². The van der Waals surface area contributed by atoms with E-state index in [1.807, 2.05) is 42.5 Å². The summed E-state index contributed by atoms with van der Waals surface area (Å²) in [5.41, 5.74) is 2.88. The Morgan fingerprint density at radius 3 is 2.50 bits per heavy atom. The van der Waals surface area contributed by atoms with Crippen LogP contribution in [0.4, 0.5) is 5.69 Å². The third-order valence-corrected chi connectivity index (χ3v) is 7.61. The normalized spacial score (nSPS) is 21.5. The van der Waals surface area contributed by atoms with Crippen LogP contribution in [0.3, 0.4) is 0 Å². The second kappa shape index (κ2) is 10.5. The summed E-state index contributed by atoms with van der Waals surface area (Å²) >= 11 is 0. The fourth-order valence-electron chi connectivity index (χ4n) is 5.52. The van der Waals surface area contributed by atoms with Crippen LogP contribution in [0.15, 0.2) is 54.6 Å².